The minimum atomic E-state index is 0.367. The van der Waals surface area contributed by atoms with E-state index in [0.717, 1.165) is 13.2 Å². The lowest BCUT2D eigenvalue weighted by Crippen LogP contribution is -2.55. The first-order valence-corrected chi connectivity index (χ1v) is 9.10. The van der Waals surface area contributed by atoms with E-state index in [0.29, 0.717) is 22.5 Å². The van der Waals surface area contributed by atoms with Crippen LogP contribution in [0.4, 0.5) is 0 Å². The van der Waals surface area contributed by atoms with E-state index in [1.165, 1.54) is 64.2 Å². The zero-order valence-electron chi connectivity index (χ0n) is 11.9. The highest BCUT2D eigenvalue weighted by molar-refractivity contribution is 9.09. The first-order valence-electron chi connectivity index (χ1n) is 8.18. The lowest BCUT2D eigenvalue weighted by Gasteiger charge is -2.54. The van der Waals surface area contributed by atoms with Crippen molar-refractivity contribution in [2.45, 2.75) is 81.2 Å². The Bertz CT molecular complexity index is 280. The second-order valence-electron chi connectivity index (χ2n) is 6.66. The van der Waals surface area contributed by atoms with Gasteiger partial charge in [-0.2, -0.15) is 0 Å². The van der Waals surface area contributed by atoms with Gasteiger partial charge in [-0.3, -0.25) is 0 Å². The SMILES string of the molecule is BrC1CC(OCC2CCCCO2)C12CCCCCC2. The zero-order valence-corrected chi connectivity index (χ0v) is 13.5. The van der Waals surface area contributed by atoms with Crippen LogP contribution >= 0.6 is 15.9 Å². The van der Waals surface area contributed by atoms with Crippen LogP contribution in [-0.2, 0) is 9.47 Å². The van der Waals surface area contributed by atoms with Gasteiger partial charge in [-0.1, -0.05) is 41.6 Å². The Morgan fingerprint density at radius 1 is 1.05 bits per heavy atom. The molecule has 3 unspecified atom stereocenters. The molecule has 110 valence electrons. The Hall–Kier alpha value is 0.400. The van der Waals surface area contributed by atoms with Crippen LogP contribution in [0.3, 0.4) is 0 Å². The minimum absolute atomic E-state index is 0.367. The molecule has 2 saturated carbocycles. The number of hydrogen-bond donors (Lipinski definition) is 0. The van der Waals surface area contributed by atoms with Crippen molar-refractivity contribution in [3.8, 4) is 0 Å². The van der Waals surface area contributed by atoms with Crippen LogP contribution in [0, 0.1) is 5.41 Å². The van der Waals surface area contributed by atoms with E-state index in [1.807, 2.05) is 0 Å². The topological polar surface area (TPSA) is 18.5 Å². The predicted molar refractivity (Wildman–Crippen MR) is 80.8 cm³/mol. The monoisotopic (exact) mass is 330 g/mol. The van der Waals surface area contributed by atoms with Gasteiger partial charge in [0.25, 0.3) is 0 Å². The van der Waals surface area contributed by atoms with Crippen molar-refractivity contribution in [3.05, 3.63) is 0 Å². The molecule has 2 aliphatic carbocycles. The summed E-state index contributed by atoms with van der Waals surface area (Å²) in [7, 11) is 0. The smallest absolute Gasteiger partial charge is 0.0808 e. The Kier molecular flexibility index (Phi) is 4.86. The maximum absolute atomic E-state index is 6.28. The summed E-state index contributed by atoms with van der Waals surface area (Å²) in [6.45, 7) is 1.76. The van der Waals surface area contributed by atoms with Crippen LogP contribution in [0.25, 0.3) is 0 Å². The molecule has 3 atom stereocenters. The van der Waals surface area contributed by atoms with E-state index in [4.69, 9.17) is 9.47 Å². The van der Waals surface area contributed by atoms with Crippen LogP contribution in [0.1, 0.15) is 64.2 Å². The number of halogens is 1. The molecule has 1 spiro atoms. The molecule has 0 aromatic heterocycles. The predicted octanol–water partition coefficient (Wildman–Crippen LogP) is 4.45. The van der Waals surface area contributed by atoms with Crippen molar-refractivity contribution in [3.63, 3.8) is 0 Å². The first-order chi connectivity index (χ1) is 9.31. The van der Waals surface area contributed by atoms with Gasteiger partial charge in [0.2, 0.25) is 0 Å². The summed E-state index contributed by atoms with van der Waals surface area (Å²) in [5.74, 6) is 0. The Labute approximate surface area is 125 Å². The molecule has 1 saturated heterocycles. The molecular weight excluding hydrogens is 304 g/mol. The van der Waals surface area contributed by atoms with Crippen molar-refractivity contribution in [2.24, 2.45) is 5.41 Å². The largest absolute Gasteiger partial charge is 0.376 e. The average molecular weight is 331 g/mol. The average Bonchev–Trinajstić information content (AvgIpc) is 2.72. The van der Waals surface area contributed by atoms with Gasteiger partial charge in [-0.05, 0) is 38.5 Å². The fraction of sp³-hybridized carbons (Fsp3) is 1.00. The van der Waals surface area contributed by atoms with Gasteiger partial charge in [0.15, 0.2) is 0 Å². The summed E-state index contributed by atoms with van der Waals surface area (Å²) >= 11 is 3.91. The molecule has 0 bridgehead atoms. The standard InChI is InChI=1S/C16H27BrO2/c17-14-11-15(16(14)8-4-1-2-5-9-16)19-12-13-7-3-6-10-18-13/h13-15H,1-12H2. The lowest BCUT2D eigenvalue weighted by atomic mass is 9.61. The van der Waals surface area contributed by atoms with E-state index in [9.17, 15) is 0 Å². The molecule has 3 aliphatic rings. The molecule has 3 rings (SSSR count). The Morgan fingerprint density at radius 3 is 2.47 bits per heavy atom. The molecule has 2 nitrogen and oxygen atoms in total. The highest BCUT2D eigenvalue weighted by atomic mass is 79.9. The van der Waals surface area contributed by atoms with Gasteiger partial charge in [-0.25, -0.2) is 0 Å². The third-order valence-electron chi connectivity index (χ3n) is 5.48. The fourth-order valence-corrected chi connectivity index (χ4v) is 5.21. The molecule has 19 heavy (non-hydrogen) atoms. The van der Waals surface area contributed by atoms with Crippen molar-refractivity contribution < 1.29 is 9.47 Å². The van der Waals surface area contributed by atoms with Crippen molar-refractivity contribution >= 4 is 15.9 Å². The third-order valence-corrected chi connectivity index (χ3v) is 6.76. The highest BCUT2D eigenvalue weighted by Crippen LogP contribution is 2.55. The number of alkyl halides is 1. The van der Waals surface area contributed by atoms with Crippen LogP contribution in [0.5, 0.6) is 0 Å². The van der Waals surface area contributed by atoms with Gasteiger partial charge >= 0.3 is 0 Å². The molecule has 1 heterocycles. The number of hydrogen-bond acceptors (Lipinski definition) is 2. The van der Waals surface area contributed by atoms with Crippen molar-refractivity contribution in [1.82, 2.24) is 0 Å². The van der Waals surface area contributed by atoms with Crippen LogP contribution < -0.4 is 0 Å². The molecular formula is C16H27BrO2. The second kappa shape index (κ2) is 6.44. The second-order valence-corrected chi connectivity index (χ2v) is 7.77. The molecule has 3 fully saturated rings. The van der Waals surface area contributed by atoms with E-state index >= 15 is 0 Å². The Balaban J connectivity index is 1.52. The zero-order chi connectivity index (χ0) is 13.1. The quantitative estimate of drug-likeness (QED) is 0.712. The van der Waals surface area contributed by atoms with Gasteiger partial charge in [-0.15, -0.1) is 0 Å². The summed E-state index contributed by atoms with van der Waals surface area (Å²) in [4.78, 5) is 0.690. The van der Waals surface area contributed by atoms with Gasteiger partial charge in [0, 0.05) is 16.8 Å². The van der Waals surface area contributed by atoms with Crippen LogP contribution in [0.15, 0.2) is 0 Å². The third kappa shape index (κ3) is 3.03. The normalized spacial score (nSPS) is 38.7. The van der Waals surface area contributed by atoms with Crippen LogP contribution in [-0.4, -0.2) is 30.2 Å². The van der Waals surface area contributed by atoms with Crippen molar-refractivity contribution in [2.75, 3.05) is 13.2 Å². The molecule has 3 heteroatoms. The van der Waals surface area contributed by atoms with E-state index in [2.05, 4.69) is 15.9 Å². The summed E-state index contributed by atoms with van der Waals surface area (Å²) in [6, 6.07) is 0. The molecule has 1 aliphatic heterocycles. The highest BCUT2D eigenvalue weighted by Gasteiger charge is 2.54. The molecule has 0 aromatic carbocycles. The molecule has 0 aromatic rings. The minimum Gasteiger partial charge on any atom is -0.376 e. The van der Waals surface area contributed by atoms with E-state index in [1.54, 1.807) is 0 Å². The molecule has 0 amide bonds. The van der Waals surface area contributed by atoms with Gasteiger partial charge in [0.1, 0.15) is 0 Å². The Morgan fingerprint density at radius 2 is 1.84 bits per heavy atom. The van der Waals surface area contributed by atoms with Gasteiger partial charge < -0.3 is 9.47 Å². The molecule has 0 N–H and O–H groups in total. The maximum atomic E-state index is 6.28. The number of ether oxygens (including phenoxy) is 2. The van der Waals surface area contributed by atoms with Gasteiger partial charge in [0.05, 0.1) is 18.8 Å². The fourth-order valence-electron chi connectivity index (χ4n) is 4.12. The number of rotatable bonds is 3. The van der Waals surface area contributed by atoms with Crippen LogP contribution in [0.2, 0.25) is 0 Å². The molecule has 0 radical (unpaired) electrons. The van der Waals surface area contributed by atoms with E-state index in [-0.39, 0.29) is 0 Å². The summed E-state index contributed by atoms with van der Waals surface area (Å²) in [5.41, 5.74) is 0.450. The summed E-state index contributed by atoms with van der Waals surface area (Å²) < 4.78 is 12.1. The first kappa shape index (κ1) is 14.3. The lowest BCUT2D eigenvalue weighted by molar-refractivity contribution is -0.142. The van der Waals surface area contributed by atoms with Crippen molar-refractivity contribution in [1.29, 1.82) is 0 Å². The summed E-state index contributed by atoms with van der Waals surface area (Å²) in [6.07, 6.45) is 14.1. The summed E-state index contributed by atoms with van der Waals surface area (Å²) in [5, 5.41) is 0. The maximum Gasteiger partial charge on any atom is 0.0808 e. The van der Waals surface area contributed by atoms with E-state index < -0.39 is 0 Å².